The van der Waals surface area contributed by atoms with E-state index in [9.17, 15) is 0 Å². The summed E-state index contributed by atoms with van der Waals surface area (Å²) < 4.78 is 6.54. The first-order valence-corrected chi connectivity index (χ1v) is 8.96. The van der Waals surface area contributed by atoms with Crippen LogP contribution in [0.25, 0.3) is 10.2 Å². The summed E-state index contributed by atoms with van der Waals surface area (Å²) in [5.41, 5.74) is 0.943. The van der Waals surface area contributed by atoms with Crippen LogP contribution in [0, 0.1) is 0 Å². The van der Waals surface area contributed by atoms with E-state index in [0.717, 1.165) is 55.4 Å². The minimum Gasteiger partial charge on any atom is -0.378 e. The van der Waals surface area contributed by atoms with Crippen molar-refractivity contribution in [1.29, 1.82) is 0 Å². The first-order chi connectivity index (χ1) is 10.8. The maximum absolute atomic E-state index is 6.11. The predicted octanol–water partition coefficient (Wildman–Crippen LogP) is 3.07. The quantitative estimate of drug-likeness (QED) is 0.647. The zero-order valence-electron chi connectivity index (χ0n) is 12.8. The van der Waals surface area contributed by atoms with Crippen molar-refractivity contribution in [3.05, 3.63) is 16.2 Å². The van der Waals surface area contributed by atoms with Gasteiger partial charge in [0.1, 0.15) is 0 Å². The molecule has 1 aliphatic rings. The minimum atomic E-state index is 0.317. The number of nitrogens with zero attached hydrogens (tertiary/aromatic N) is 3. The number of nitrogens with one attached hydrogen (secondary N) is 1. The van der Waals surface area contributed by atoms with Gasteiger partial charge in [0.05, 0.1) is 23.4 Å². The number of morpholine rings is 1. The van der Waals surface area contributed by atoms with E-state index >= 15 is 0 Å². The predicted molar refractivity (Wildman–Crippen MR) is 92.1 cm³/mol. The molecule has 3 heterocycles. The zero-order valence-corrected chi connectivity index (χ0v) is 14.3. The molecule has 0 spiro atoms. The van der Waals surface area contributed by atoms with E-state index in [-0.39, 0.29) is 0 Å². The highest BCUT2D eigenvalue weighted by Gasteiger charge is 2.19. The highest BCUT2D eigenvalue weighted by molar-refractivity contribution is 7.19. The molecule has 2 aromatic rings. The van der Waals surface area contributed by atoms with Gasteiger partial charge in [0, 0.05) is 24.5 Å². The van der Waals surface area contributed by atoms with Crippen molar-refractivity contribution in [2.75, 3.05) is 37.7 Å². The minimum absolute atomic E-state index is 0.317. The number of hydrogen-bond donors (Lipinski definition) is 1. The molecule has 2 aromatic heterocycles. The third-order valence-electron chi connectivity index (χ3n) is 3.69. The molecule has 0 radical (unpaired) electrons. The van der Waals surface area contributed by atoms with Crippen molar-refractivity contribution >= 4 is 39.0 Å². The van der Waals surface area contributed by atoms with Gasteiger partial charge in [-0.3, -0.25) is 0 Å². The van der Waals surface area contributed by atoms with Crippen LogP contribution < -0.4 is 10.2 Å². The number of rotatable bonds is 6. The SMILES string of the molecule is CCCCNCc1cc2nc(Cl)nc(N3CCOCC3)c2s1. The number of unbranched alkanes of at least 4 members (excludes halogenated alkanes) is 1. The van der Waals surface area contributed by atoms with Crippen LogP contribution >= 0.6 is 22.9 Å². The Kier molecular flexibility index (Phi) is 5.46. The van der Waals surface area contributed by atoms with E-state index < -0.39 is 0 Å². The van der Waals surface area contributed by atoms with Crippen LogP contribution in [0.5, 0.6) is 0 Å². The lowest BCUT2D eigenvalue weighted by atomic mass is 10.3. The molecule has 22 heavy (non-hydrogen) atoms. The van der Waals surface area contributed by atoms with Crippen LogP contribution in [-0.2, 0) is 11.3 Å². The topological polar surface area (TPSA) is 50.3 Å². The maximum atomic E-state index is 6.11. The second-order valence-electron chi connectivity index (χ2n) is 5.37. The molecule has 1 N–H and O–H groups in total. The smallest absolute Gasteiger partial charge is 0.224 e. The third-order valence-corrected chi connectivity index (χ3v) is 4.98. The molecule has 3 rings (SSSR count). The highest BCUT2D eigenvalue weighted by Crippen LogP contribution is 2.33. The average Bonchev–Trinajstić information content (AvgIpc) is 2.94. The van der Waals surface area contributed by atoms with Crippen LogP contribution in [-0.4, -0.2) is 42.8 Å². The van der Waals surface area contributed by atoms with E-state index in [2.05, 4.69) is 33.2 Å². The van der Waals surface area contributed by atoms with E-state index in [4.69, 9.17) is 16.3 Å². The number of ether oxygens (including phenoxy) is 1. The van der Waals surface area contributed by atoms with Gasteiger partial charge < -0.3 is 15.0 Å². The number of aromatic nitrogens is 2. The molecule has 0 amide bonds. The first kappa shape index (κ1) is 15.9. The molecular formula is C15H21ClN4OS. The van der Waals surface area contributed by atoms with Gasteiger partial charge in [0.25, 0.3) is 0 Å². The molecule has 0 atom stereocenters. The Hall–Kier alpha value is -0.950. The summed E-state index contributed by atoms with van der Waals surface area (Å²) in [6.07, 6.45) is 2.41. The first-order valence-electron chi connectivity index (χ1n) is 7.77. The fourth-order valence-electron chi connectivity index (χ4n) is 2.53. The number of halogens is 1. The Morgan fingerprint density at radius 2 is 2.18 bits per heavy atom. The number of thiophene rings is 1. The van der Waals surface area contributed by atoms with Gasteiger partial charge in [-0.15, -0.1) is 11.3 Å². The summed E-state index contributed by atoms with van der Waals surface area (Å²) in [5, 5.41) is 3.79. The lowest BCUT2D eigenvalue weighted by Crippen LogP contribution is -2.36. The number of hydrogen-bond acceptors (Lipinski definition) is 6. The molecule has 1 aliphatic heterocycles. The largest absolute Gasteiger partial charge is 0.378 e. The fraction of sp³-hybridized carbons (Fsp3) is 0.600. The summed E-state index contributed by atoms with van der Waals surface area (Å²) in [5.74, 6) is 0.947. The summed E-state index contributed by atoms with van der Waals surface area (Å²) in [6.45, 7) is 7.30. The monoisotopic (exact) mass is 340 g/mol. The lowest BCUT2D eigenvalue weighted by molar-refractivity contribution is 0.122. The van der Waals surface area contributed by atoms with Gasteiger partial charge in [0.2, 0.25) is 5.28 Å². The normalized spacial score (nSPS) is 15.6. The van der Waals surface area contributed by atoms with Crippen LogP contribution in [0.15, 0.2) is 6.07 Å². The van der Waals surface area contributed by atoms with Gasteiger partial charge in [0.15, 0.2) is 5.82 Å². The van der Waals surface area contributed by atoms with Gasteiger partial charge in [-0.2, -0.15) is 4.98 Å². The van der Waals surface area contributed by atoms with Crippen molar-refractivity contribution in [3.63, 3.8) is 0 Å². The summed E-state index contributed by atoms with van der Waals surface area (Å²) in [7, 11) is 0. The molecule has 0 aromatic carbocycles. The molecule has 0 aliphatic carbocycles. The van der Waals surface area contributed by atoms with E-state index in [1.165, 1.54) is 17.7 Å². The van der Waals surface area contributed by atoms with Gasteiger partial charge in [-0.25, -0.2) is 4.98 Å². The number of anilines is 1. The van der Waals surface area contributed by atoms with Crippen LogP contribution in [0.3, 0.4) is 0 Å². The van der Waals surface area contributed by atoms with Gasteiger partial charge in [-0.1, -0.05) is 13.3 Å². The molecular weight excluding hydrogens is 320 g/mol. The highest BCUT2D eigenvalue weighted by atomic mass is 35.5. The third kappa shape index (κ3) is 3.68. The zero-order chi connectivity index (χ0) is 15.4. The Morgan fingerprint density at radius 1 is 1.36 bits per heavy atom. The molecule has 120 valence electrons. The average molecular weight is 341 g/mol. The molecule has 0 saturated carbocycles. The lowest BCUT2D eigenvalue weighted by Gasteiger charge is -2.28. The molecule has 1 saturated heterocycles. The van der Waals surface area contributed by atoms with Crippen molar-refractivity contribution < 1.29 is 4.74 Å². The molecule has 7 heteroatoms. The molecule has 5 nitrogen and oxygen atoms in total. The summed E-state index contributed by atoms with van der Waals surface area (Å²) >= 11 is 7.86. The van der Waals surface area contributed by atoms with Crippen molar-refractivity contribution in [3.8, 4) is 0 Å². The van der Waals surface area contributed by atoms with Crippen molar-refractivity contribution in [2.24, 2.45) is 0 Å². The standard InChI is InChI=1S/C15H21ClN4OS/c1-2-3-4-17-10-11-9-12-13(22-11)14(19-15(16)18-12)20-5-7-21-8-6-20/h9,17H,2-8,10H2,1H3. The van der Waals surface area contributed by atoms with E-state index in [0.29, 0.717) is 5.28 Å². The maximum Gasteiger partial charge on any atom is 0.224 e. The van der Waals surface area contributed by atoms with Crippen molar-refractivity contribution in [1.82, 2.24) is 15.3 Å². The summed E-state index contributed by atoms with van der Waals surface area (Å²) in [6, 6.07) is 2.12. The fourth-order valence-corrected chi connectivity index (χ4v) is 3.78. The second kappa shape index (κ2) is 7.55. The Morgan fingerprint density at radius 3 is 2.95 bits per heavy atom. The van der Waals surface area contributed by atoms with Crippen LogP contribution in [0.2, 0.25) is 5.28 Å². The van der Waals surface area contributed by atoms with Crippen molar-refractivity contribution in [2.45, 2.75) is 26.3 Å². The van der Waals surface area contributed by atoms with Crippen LogP contribution in [0.1, 0.15) is 24.6 Å². The second-order valence-corrected chi connectivity index (χ2v) is 6.85. The Bertz CT molecular complexity index is 627. The number of fused-ring (bicyclic) bond motifs is 1. The van der Waals surface area contributed by atoms with E-state index in [1.54, 1.807) is 11.3 Å². The van der Waals surface area contributed by atoms with E-state index in [1.807, 2.05) is 0 Å². The molecule has 1 fully saturated rings. The van der Waals surface area contributed by atoms with Crippen LogP contribution in [0.4, 0.5) is 5.82 Å². The van der Waals surface area contributed by atoms with Gasteiger partial charge in [-0.05, 0) is 30.6 Å². The molecule has 0 unspecified atom stereocenters. The summed E-state index contributed by atoms with van der Waals surface area (Å²) in [4.78, 5) is 12.4. The van der Waals surface area contributed by atoms with Gasteiger partial charge >= 0.3 is 0 Å². The Balaban J connectivity index is 1.83. The molecule has 0 bridgehead atoms. The Labute approximate surface area is 139 Å².